The van der Waals surface area contributed by atoms with Gasteiger partial charge < -0.3 is 25.1 Å². The number of nitrogens with one attached hydrogen (secondary N) is 1. The summed E-state index contributed by atoms with van der Waals surface area (Å²) in [6.07, 6.45) is 1.72. The summed E-state index contributed by atoms with van der Waals surface area (Å²) in [7, 11) is 1.59. The van der Waals surface area contributed by atoms with Gasteiger partial charge in [0.2, 0.25) is 0 Å². The van der Waals surface area contributed by atoms with Crippen molar-refractivity contribution in [3.05, 3.63) is 47.4 Å². The Morgan fingerprint density at radius 1 is 1.23 bits per heavy atom. The SMILES string of the molecule is CCOCc1nc2c(N)nc(C)cc2n1CCCCNC(=O)c1cccc(OC)c1. The first-order chi connectivity index (χ1) is 14.5. The number of hydrogen-bond acceptors (Lipinski definition) is 6. The lowest BCUT2D eigenvalue weighted by Gasteiger charge is -2.10. The lowest BCUT2D eigenvalue weighted by Crippen LogP contribution is -2.24. The average Bonchev–Trinajstić information content (AvgIpc) is 3.09. The summed E-state index contributed by atoms with van der Waals surface area (Å²) in [5.41, 5.74) is 9.19. The van der Waals surface area contributed by atoms with Crippen LogP contribution >= 0.6 is 0 Å². The van der Waals surface area contributed by atoms with Gasteiger partial charge in [-0.2, -0.15) is 0 Å². The smallest absolute Gasteiger partial charge is 0.251 e. The molecule has 0 aliphatic carbocycles. The summed E-state index contributed by atoms with van der Waals surface area (Å²) in [6.45, 7) is 6.27. The molecule has 0 bridgehead atoms. The maximum absolute atomic E-state index is 12.3. The number of pyridine rings is 1. The van der Waals surface area contributed by atoms with Crippen LogP contribution in [0.3, 0.4) is 0 Å². The zero-order valence-electron chi connectivity index (χ0n) is 17.8. The molecular formula is C22H29N5O3. The normalized spacial score (nSPS) is 11.0. The predicted octanol–water partition coefficient (Wildman–Crippen LogP) is 3.08. The average molecular weight is 412 g/mol. The Morgan fingerprint density at radius 3 is 2.83 bits per heavy atom. The van der Waals surface area contributed by atoms with Gasteiger partial charge in [0.25, 0.3) is 5.91 Å². The Kier molecular flexibility index (Phi) is 7.24. The minimum atomic E-state index is -0.103. The molecule has 0 radical (unpaired) electrons. The van der Waals surface area contributed by atoms with E-state index in [1.54, 1.807) is 25.3 Å². The number of benzene rings is 1. The van der Waals surface area contributed by atoms with E-state index in [-0.39, 0.29) is 5.91 Å². The number of anilines is 1. The molecular weight excluding hydrogens is 382 g/mol. The standard InChI is InChI=1S/C22H29N5O3/c1-4-30-14-19-26-20-18(12-15(2)25-21(20)23)27(19)11-6-5-10-24-22(28)16-8-7-9-17(13-16)29-3/h7-9,12-13H,4-6,10-11,14H2,1-3H3,(H2,23,25)(H,24,28). The van der Waals surface area contributed by atoms with Crippen LogP contribution in [0.1, 0.15) is 41.6 Å². The van der Waals surface area contributed by atoms with Crippen LogP contribution in [-0.2, 0) is 17.9 Å². The van der Waals surface area contributed by atoms with Crippen LogP contribution in [0, 0.1) is 6.92 Å². The zero-order valence-corrected chi connectivity index (χ0v) is 17.8. The van der Waals surface area contributed by atoms with Crippen LogP contribution in [0.25, 0.3) is 11.0 Å². The maximum atomic E-state index is 12.3. The second-order valence-corrected chi connectivity index (χ2v) is 7.03. The highest BCUT2D eigenvalue weighted by molar-refractivity contribution is 5.94. The highest BCUT2D eigenvalue weighted by atomic mass is 16.5. The second-order valence-electron chi connectivity index (χ2n) is 7.03. The first kappa shape index (κ1) is 21.6. The molecule has 3 rings (SSSR count). The van der Waals surface area contributed by atoms with Crippen LogP contribution < -0.4 is 15.8 Å². The number of carbonyl (C=O) groups is 1. The van der Waals surface area contributed by atoms with Gasteiger partial charge in [0, 0.05) is 31.0 Å². The Hall–Kier alpha value is -3.13. The van der Waals surface area contributed by atoms with Crippen molar-refractivity contribution in [3.8, 4) is 5.75 Å². The van der Waals surface area contributed by atoms with Gasteiger partial charge in [-0.25, -0.2) is 9.97 Å². The molecule has 0 atom stereocenters. The van der Waals surface area contributed by atoms with Crippen molar-refractivity contribution in [3.63, 3.8) is 0 Å². The van der Waals surface area contributed by atoms with Gasteiger partial charge in [0.15, 0.2) is 5.82 Å². The minimum Gasteiger partial charge on any atom is -0.497 e. The van der Waals surface area contributed by atoms with E-state index in [2.05, 4.69) is 19.9 Å². The van der Waals surface area contributed by atoms with Crippen molar-refractivity contribution < 1.29 is 14.3 Å². The van der Waals surface area contributed by atoms with Crippen LogP contribution in [0.5, 0.6) is 5.75 Å². The van der Waals surface area contributed by atoms with Crippen molar-refractivity contribution in [2.75, 3.05) is 26.0 Å². The number of ether oxygens (including phenoxy) is 2. The molecule has 1 aromatic carbocycles. The third kappa shape index (κ3) is 5.07. The van der Waals surface area contributed by atoms with E-state index in [0.29, 0.717) is 42.4 Å². The molecule has 0 aliphatic heterocycles. The van der Waals surface area contributed by atoms with Crippen molar-refractivity contribution >= 4 is 22.8 Å². The lowest BCUT2D eigenvalue weighted by atomic mass is 10.2. The quantitative estimate of drug-likeness (QED) is 0.497. The van der Waals surface area contributed by atoms with E-state index >= 15 is 0 Å². The summed E-state index contributed by atoms with van der Waals surface area (Å²) in [5, 5.41) is 2.96. The number of nitrogens with zero attached hydrogens (tertiary/aromatic N) is 3. The maximum Gasteiger partial charge on any atom is 0.251 e. The molecule has 0 aliphatic rings. The molecule has 8 heteroatoms. The number of aromatic nitrogens is 3. The number of nitrogens with two attached hydrogens (primary N) is 1. The summed E-state index contributed by atoms with van der Waals surface area (Å²) in [6, 6.07) is 9.12. The third-order valence-corrected chi connectivity index (χ3v) is 4.83. The number of hydrogen-bond donors (Lipinski definition) is 2. The van der Waals surface area contributed by atoms with Crippen LogP contribution in [0.4, 0.5) is 5.82 Å². The van der Waals surface area contributed by atoms with Crippen LogP contribution in [0.15, 0.2) is 30.3 Å². The summed E-state index contributed by atoms with van der Waals surface area (Å²) >= 11 is 0. The summed E-state index contributed by atoms with van der Waals surface area (Å²) in [5.74, 6) is 1.84. The fourth-order valence-corrected chi connectivity index (χ4v) is 3.34. The van der Waals surface area contributed by atoms with Crippen LogP contribution in [0.2, 0.25) is 0 Å². The Bertz CT molecular complexity index is 1020. The van der Waals surface area contributed by atoms with E-state index in [0.717, 1.165) is 36.4 Å². The lowest BCUT2D eigenvalue weighted by molar-refractivity contribution is 0.0952. The number of unbranched alkanes of at least 4 members (excludes halogenated alkanes) is 1. The number of carbonyl (C=O) groups excluding carboxylic acids is 1. The summed E-state index contributed by atoms with van der Waals surface area (Å²) in [4.78, 5) is 21.3. The Labute approximate surface area is 176 Å². The molecule has 160 valence electrons. The molecule has 30 heavy (non-hydrogen) atoms. The molecule has 2 heterocycles. The number of amides is 1. The van der Waals surface area contributed by atoms with Crippen molar-refractivity contribution in [1.82, 2.24) is 19.9 Å². The van der Waals surface area contributed by atoms with Gasteiger partial charge in [-0.05, 0) is 51.0 Å². The molecule has 3 N–H and O–H groups in total. The molecule has 8 nitrogen and oxygen atoms in total. The van der Waals surface area contributed by atoms with E-state index < -0.39 is 0 Å². The monoisotopic (exact) mass is 411 g/mol. The molecule has 2 aromatic heterocycles. The fraction of sp³-hybridized carbons (Fsp3) is 0.409. The highest BCUT2D eigenvalue weighted by Crippen LogP contribution is 2.23. The molecule has 0 fully saturated rings. The number of rotatable bonds is 10. The number of methoxy groups -OCH3 is 1. The zero-order chi connectivity index (χ0) is 21.5. The minimum absolute atomic E-state index is 0.103. The number of aryl methyl sites for hydroxylation is 2. The van der Waals surface area contributed by atoms with E-state index in [1.165, 1.54) is 0 Å². The van der Waals surface area contributed by atoms with E-state index in [4.69, 9.17) is 15.2 Å². The first-order valence-corrected chi connectivity index (χ1v) is 10.2. The second kappa shape index (κ2) is 10.1. The van der Waals surface area contributed by atoms with Gasteiger partial charge in [-0.3, -0.25) is 4.79 Å². The van der Waals surface area contributed by atoms with Crippen molar-refractivity contribution in [1.29, 1.82) is 0 Å². The van der Waals surface area contributed by atoms with Crippen molar-refractivity contribution in [2.24, 2.45) is 0 Å². The Balaban J connectivity index is 1.60. The highest BCUT2D eigenvalue weighted by Gasteiger charge is 2.14. The topological polar surface area (TPSA) is 104 Å². The van der Waals surface area contributed by atoms with Crippen molar-refractivity contribution in [2.45, 2.75) is 39.8 Å². The molecule has 0 saturated heterocycles. The molecule has 0 unspecified atom stereocenters. The van der Waals surface area contributed by atoms with E-state index in [9.17, 15) is 4.79 Å². The van der Waals surface area contributed by atoms with Gasteiger partial charge in [-0.1, -0.05) is 6.07 Å². The van der Waals surface area contributed by atoms with E-state index in [1.807, 2.05) is 26.0 Å². The number of nitrogen functional groups attached to an aromatic ring is 1. The Morgan fingerprint density at radius 2 is 2.07 bits per heavy atom. The molecule has 1 amide bonds. The van der Waals surface area contributed by atoms with Gasteiger partial charge >= 0.3 is 0 Å². The van der Waals surface area contributed by atoms with Gasteiger partial charge in [0.05, 0.1) is 12.6 Å². The van der Waals surface area contributed by atoms with Gasteiger partial charge in [-0.15, -0.1) is 0 Å². The fourth-order valence-electron chi connectivity index (χ4n) is 3.34. The molecule has 0 spiro atoms. The molecule has 0 saturated carbocycles. The predicted molar refractivity (Wildman–Crippen MR) is 117 cm³/mol. The first-order valence-electron chi connectivity index (χ1n) is 10.2. The number of fused-ring (bicyclic) bond motifs is 1. The number of imidazole rings is 1. The molecule has 3 aromatic rings. The van der Waals surface area contributed by atoms with Gasteiger partial charge in [0.1, 0.15) is 23.7 Å². The summed E-state index contributed by atoms with van der Waals surface area (Å²) < 4.78 is 12.9. The largest absolute Gasteiger partial charge is 0.497 e. The third-order valence-electron chi connectivity index (χ3n) is 4.83. The van der Waals surface area contributed by atoms with Crippen LogP contribution in [-0.4, -0.2) is 40.7 Å².